The molecule has 0 bridgehead atoms. The Bertz CT molecular complexity index is 2000. The Labute approximate surface area is 370 Å². The Morgan fingerprint density at radius 1 is 0.667 bits per heavy atom. The highest BCUT2D eigenvalue weighted by Gasteiger charge is 2.40. The normalized spacial score (nSPS) is 15.8. The third-order valence-corrected chi connectivity index (χ3v) is 10.9. The maximum Gasteiger partial charge on any atom is 0.245 e. The number of nitrogens with zero attached hydrogens (tertiary/aromatic N) is 1. The molecule has 1 saturated heterocycles. The lowest BCUT2D eigenvalue weighted by Crippen LogP contribution is -2.59. The summed E-state index contributed by atoms with van der Waals surface area (Å²) >= 11 is 0. The van der Waals surface area contributed by atoms with E-state index in [0.29, 0.717) is 37.0 Å². The molecule has 4 rings (SSSR count). The Kier molecular flexibility index (Phi) is 19.6. The first-order valence-electron chi connectivity index (χ1n) is 21.7. The highest BCUT2D eigenvalue weighted by Crippen LogP contribution is 2.21. The highest BCUT2D eigenvalue weighted by molar-refractivity contribution is 5.97. The molecule has 16 heteroatoms. The summed E-state index contributed by atoms with van der Waals surface area (Å²) in [6.45, 7) is 5.77. The van der Waals surface area contributed by atoms with Crippen molar-refractivity contribution in [2.24, 2.45) is 17.4 Å². The molecule has 0 spiro atoms. The Morgan fingerprint density at radius 3 is 1.78 bits per heavy atom. The van der Waals surface area contributed by atoms with Crippen molar-refractivity contribution in [3.63, 3.8) is 0 Å². The zero-order chi connectivity index (χ0) is 45.9. The molecule has 6 atom stereocenters. The molecule has 0 aromatic heterocycles. The molecular formula is C47H64N8O8. The van der Waals surface area contributed by atoms with Crippen LogP contribution in [0.3, 0.4) is 0 Å². The van der Waals surface area contributed by atoms with E-state index in [0.717, 1.165) is 11.1 Å². The monoisotopic (exact) mass is 868 g/mol. The third-order valence-electron chi connectivity index (χ3n) is 10.9. The number of carbonyl (C=O) groups excluding carboxylic acids is 7. The summed E-state index contributed by atoms with van der Waals surface area (Å²) in [6.07, 6.45) is 2.53. The molecule has 1 aliphatic heterocycles. The molecule has 0 radical (unpaired) electrons. The first-order chi connectivity index (χ1) is 30.2. The van der Waals surface area contributed by atoms with Crippen LogP contribution in [-0.2, 0) is 52.8 Å². The molecule has 3 aromatic rings. The quantitative estimate of drug-likeness (QED) is 0.0694. The van der Waals surface area contributed by atoms with Gasteiger partial charge in [0.1, 0.15) is 42.0 Å². The van der Waals surface area contributed by atoms with Gasteiger partial charge in [0.2, 0.25) is 41.4 Å². The Hall–Kier alpha value is -6.29. The summed E-state index contributed by atoms with van der Waals surface area (Å²) in [4.78, 5) is 96.6. The van der Waals surface area contributed by atoms with E-state index in [2.05, 4.69) is 26.6 Å². The first kappa shape index (κ1) is 49.4. The number of rotatable bonds is 24. The molecule has 7 amide bonds. The minimum absolute atomic E-state index is 0.0192. The summed E-state index contributed by atoms with van der Waals surface area (Å²) in [5.41, 5.74) is 13.8. The zero-order valence-electron chi connectivity index (χ0n) is 36.8. The average molecular weight is 869 g/mol. The zero-order valence-corrected chi connectivity index (χ0v) is 36.8. The van der Waals surface area contributed by atoms with E-state index in [9.17, 15) is 33.6 Å². The van der Waals surface area contributed by atoms with Gasteiger partial charge in [0.25, 0.3) is 0 Å². The summed E-state index contributed by atoms with van der Waals surface area (Å²) in [5.74, 6) is -3.33. The predicted molar refractivity (Wildman–Crippen MR) is 239 cm³/mol. The highest BCUT2D eigenvalue weighted by atomic mass is 16.5. The Morgan fingerprint density at radius 2 is 1.21 bits per heavy atom. The van der Waals surface area contributed by atoms with Crippen LogP contribution in [0, 0.1) is 5.92 Å². The lowest BCUT2D eigenvalue weighted by Gasteiger charge is -2.31. The minimum Gasteiger partial charge on any atom is -0.497 e. The molecule has 0 saturated carbocycles. The second-order valence-electron chi connectivity index (χ2n) is 16.4. The summed E-state index contributed by atoms with van der Waals surface area (Å²) < 4.78 is 5.38. The van der Waals surface area contributed by atoms with Gasteiger partial charge in [-0.25, -0.2) is 0 Å². The Balaban J connectivity index is 1.54. The predicted octanol–water partition coefficient (Wildman–Crippen LogP) is 1.82. The molecule has 1 aliphatic rings. The third kappa shape index (κ3) is 15.8. The fourth-order valence-corrected chi connectivity index (χ4v) is 7.56. The lowest BCUT2D eigenvalue weighted by atomic mass is 10.00. The van der Waals surface area contributed by atoms with Gasteiger partial charge in [-0.2, -0.15) is 0 Å². The van der Waals surface area contributed by atoms with E-state index in [-0.39, 0.29) is 51.1 Å². The van der Waals surface area contributed by atoms with Gasteiger partial charge in [0.15, 0.2) is 0 Å². The SMILES string of the molecule is COc1cccc(C[C@H](NC(=O)[C@@H](CCC(C)C)NC(=O)[C@@H]2CCCN2C(=O)[C@H](CCCN)NC(=O)[C@H](Cc2ccccc2)NC(C)=O)C(=O)N[C@@H](Cc2ccccc2)C(N)=O)c1. The second-order valence-corrected chi connectivity index (χ2v) is 16.4. The van der Waals surface area contributed by atoms with Crippen LogP contribution in [0.1, 0.15) is 76.0 Å². The van der Waals surface area contributed by atoms with E-state index in [1.165, 1.54) is 18.9 Å². The van der Waals surface area contributed by atoms with Crippen molar-refractivity contribution in [1.82, 2.24) is 31.5 Å². The van der Waals surface area contributed by atoms with Crippen molar-refractivity contribution >= 4 is 41.4 Å². The molecule has 3 aromatic carbocycles. The lowest BCUT2D eigenvalue weighted by molar-refractivity contribution is -0.142. The second kappa shape index (κ2) is 25.0. The van der Waals surface area contributed by atoms with E-state index in [1.54, 1.807) is 24.3 Å². The number of hydrogen-bond donors (Lipinski definition) is 7. The minimum atomic E-state index is -1.19. The molecule has 1 heterocycles. The maximum atomic E-state index is 14.3. The average Bonchev–Trinajstić information content (AvgIpc) is 3.76. The van der Waals surface area contributed by atoms with Crippen LogP contribution < -0.4 is 42.8 Å². The van der Waals surface area contributed by atoms with Gasteiger partial charge < -0.3 is 47.7 Å². The number of nitrogens with two attached hydrogens (primary N) is 2. The fourth-order valence-electron chi connectivity index (χ4n) is 7.56. The van der Waals surface area contributed by atoms with Crippen LogP contribution in [0.25, 0.3) is 0 Å². The van der Waals surface area contributed by atoms with Gasteiger partial charge in [0.05, 0.1) is 7.11 Å². The van der Waals surface area contributed by atoms with Gasteiger partial charge in [-0.3, -0.25) is 33.6 Å². The maximum absolute atomic E-state index is 14.3. The van der Waals surface area contributed by atoms with Crippen molar-refractivity contribution in [3.8, 4) is 5.75 Å². The molecule has 0 aliphatic carbocycles. The number of hydrogen-bond acceptors (Lipinski definition) is 9. The molecule has 63 heavy (non-hydrogen) atoms. The van der Waals surface area contributed by atoms with Crippen LogP contribution in [0.2, 0.25) is 0 Å². The number of carbonyl (C=O) groups is 7. The van der Waals surface area contributed by atoms with E-state index in [4.69, 9.17) is 16.2 Å². The summed E-state index contributed by atoms with van der Waals surface area (Å²) in [6, 6.07) is 18.9. The number of methoxy groups -OCH3 is 1. The number of amides is 7. The van der Waals surface area contributed by atoms with Crippen molar-refractivity contribution in [2.45, 2.75) is 115 Å². The molecule has 1 fully saturated rings. The van der Waals surface area contributed by atoms with Crippen LogP contribution in [-0.4, -0.2) is 103 Å². The van der Waals surface area contributed by atoms with Crippen LogP contribution in [0.4, 0.5) is 0 Å². The molecule has 340 valence electrons. The molecule has 16 nitrogen and oxygen atoms in total. The van der Waals surface area contributed by atoms with Crippen molar-refractivity contribution < 1.29 is 38.3 Å². The number of likely N-dealkylation sites (tertiary alicyclic amines) is 1. The number of primary amides is 1. The van der Waals surface area contributed by atoms with Crippen LogP contribution >= 0.6 is 0 Å². The van der Waals surface area contributed by atoms with Crippen molar-refractivity contribution in [3.05, 3.63) is 102 Å². The standard InChI is InChI=1S/C47H64N8O8/c1-30(2)22-23-36(43(58)54-40(29-34-18-11-19-35(26-34)63-4)45(60)53-38(42(49)57)27-32-14-7-5-8-15-32)51-46(61)41-21-13-25-55(41)47(62)37(20-12-24-48)52-44(59)39(50-31(3)56)28-33-16-9-6-10-17-33/h5-11,14-19,26,30,36-41H,12-13,20-25,27-29,48H2,1-4H3,(H2,49,57)(H,50,56)(H,51,61)(H,52,59)(H,53,60)(H,54,58)/t36-,37+,38+,39+,40+,41+/m1/s1. The van der Waals surface area contributed by atoms with Gasteiger partial charge in [0, 0.05) is 32.7 Å². The fraction of sp³-hybridized carbons (Fsp3) is 0.468. The van der Waals surface area contributed by atoms with Crippen molar-refractivity contribution in [2.75, 3.05) is 20.2 Å². The summed E-state index contributed by atoms with van der Waals surface area (Å²) in [7, 11) is 1.51. The van der Waals surface area contributed by atoms with E-state index >= 15 is 0 Å². The van der Waals surface area contributed by atoms with Gasteiger partial charge >= 0.3 is 0 Å². The van der Waals surface area contributed by atoms with Crippen molar-refractivity contribution in [1.29, 1.82) is 0 Å². The summed E-state index contributed by atoms with van der Waals surface area (Å²) in [5, 5.41) is 14.0. The van der Waals surface area contributed by atoms with Crippen LogP contribution in [0.5, 0.6) is 5.75 Å². The molecule has 9 N–H and O–H groups in total. The van der Waals surface area contributed by atoms with Gasteiger partial charge in [-0.15, -0.1) is 0 Å². The largest absolute Gasteiger partial charge is 0.497 e. The van der Waals surface area contributed by atoms with Gasteiger partial charge in [-0.1, -0.05) is 86.6 Å². The topological polar surface area (TPSA) is 244 Å². The molecular weight excluding hydrogens is 805 g/mol. The first-order valence-corrected chi connectivity index (χ1v) is 21.7. The van der Waals surface area contributed by atoms with E-state index in [1.807, 2.05) is 74.5 Å². The molecule has 0 unspecified atom stereocenters. The number of nitrogens with one attached hydrogen (secondary N) is 5. The number of benzene rings is 3. The van der Waals surface area contributed by atoms with E-state index < -0.39 is 77.6 Å². The van der Waals surface area contributed by atoms with Gasteiger partial charge in [-0.05, 0) is 79.8 Å². The number of ether oxygens (including phenoxy) is 1. The van der Waals surface area contributed by atoms with Crippen LogP contribution in [0.15, 0.2) is 84.9 Å². The smallest absolute Gasteiger partial charge is 0.245 e.